The Morgan fingerprint density at radius 2 is 2.17 bits per heavy atom. The van der Waals surface area contributed by atoms with E-state index in [0.717, 1.165) is 25.3 Å². The number of carbonyl (C=O) groups excluding carboxylic acids is 1. The molecule has 2 saturated heterocycles. The van der Waals surface area contributed by atoms with E-state index in [1.807, 2.05) is 11.8 Å². The smallest absolute Gasteiger partial charge is 0.228 e. The molecule has 0 spiro atoms. The molecule has 0 radical (unpaired) electrons. The van der Waals surface area contributed by atoms with Crippen LogP contribution in [0.25, 0.3) is 0 Å². The van der Waals surface area contributed by atoms with Crippen LogP contribution in [0.15, 0.2) is 18.3 Å². The van der Waals surface area contributed by atoms with Crippen molar-refractivity contribution < 1.29 is 9.53 Å². The predicted octanol–water partition coefficient (Wildman–Crippen LogP) is 1.42. The Bertz CT molecular complexity index is 605. The molecule has 0 aliphatic carbocycles. The van der Waals surface area contributed by atoms with Gasteiger partial charge in [-0.3, -0.25) is 4.79 Å². The molecule has 3 heterocycles. The van der Waals surface area contributed by atoms with Crippen LogP contribution in [0.4, 0.5) is 5.82 Å². The molecular weight excluding hydrogens is 292 g/mol. The normalized spacial score (nSPS) is 25.0. The lowest BCUT2D eigenvalue weighted by atomic mass is 9.93. The average molecular weight is 314 g/mol. The van der Waals surface area contributed by atoms with Crippen molar-refractivity contribution in [3.8, 4) is 6.07 Å². The van der Waals surface area contributed by atoms with Crippen LogP contribution in [-0.4, -0.2) is 54.7 Å². The zero-order valence-corrected chi connectivity index (χ0v) is 13.4. The summed E-state index contributed by atoms with van der Waals surface area (Å²) in [6.45, 7) is 5.51. The Balaban J connectivity index is 1.62. The molecule has 0 saturated carbocycles. The number of ether oxygens (including phenoxy) is 1. The fourth-order valence-electron chi connectivity index (χ4n) is 3.36. The highest BCUT2D eigenvalue weighted by Crippen LogP contribution is 2.24. The molecule has 3 rings (SSSR count). The van der Waals surface area contributed by atoms with Crippen molar-refractivity contribution in [2.45, 2.75) is 25.9 Å². The van der Waals surface area contributed by atoms with E-state index in [1.54, 1.807) is 18.3 Å². The molecule has 1 amide bonds. The first-order valence-corrected chi connectivity index (χ1v) is 8.21. The molecule has 0 unspecified atom stereocenters. The number of nitrogens with zero attached hydrogens (tertiary/aromatic N) is 4. The van der Waals surface area contributed by atoms with E-state index < -0.39 is 0 Å². The highest BCUT2D eigenvalue weighted by molar-refractivity contribution is 5.79. The van der Waals surface area contributed by atoms with Gasteiger partial charge in [-0.25, -0.2) is 4.98 Å². The Hall–Kier alpha value is -2.13. The molecule has 6 heteroatoms. The summed E-state index contributed by atoms with van der Waals surface area (Å²) in [7, 11) is 0. The molecule has 2 atom stereocenters. The molecule has 2 aliphatic rings. The van der Waals surface area contributed by atoms with Gasteiger partial charge in [-0.1, -0.05) is 0 Å². The minimum atomic E-state index is -0.0141. The van der Waals surface area contributed by atoms with Crippen LogP contribution in [0, 0.1) is 17.2 Å². The van der Waals surface area contributed by atoms with Crippen molar-refractivity contribution in [2.75, 3.05) is 37.7 Å². The number of amides is 1. The maximum absolute atomic E-state index is 12.7. The summed E-state index contributed by atoms with van der Waals surface area (Å²) in [5.41, 5.74) is 0.585. The van der Waals surface area contributed by atoms with Crippen molar-refractivity contribution in [3.63, 3.8) is 0 Å². The number of pyridine rings is 1. The van der Waals surface area contributed by atoms with Crippen molar-refractivity contribution in [1.29, 1.82) is 5.26 Å². The van der Waals surface area contributed by atoms with Gasteiger partial charge in [-0.15, -0.1) is 0 Å². The van der Waals surface area contributed by atoms with E-state index in [4.69, 9.17) is 4.74 Å². The van der Waals surface area contributed by atoms with Gasteiger partial charge in [-0.05, 0) is 31.9 Å². The molecule has 2 aliphatic heterocycles. The minimum absolute atomic E-state index is 0.00950. The fourth-order valence-corrected chi connectivity index (χ4v) is 3.36. The van der Waals surface area contributed by atoms with Gasteiger partial charge < -0.3 is 14.5 Å². The molecule has 0 bridgehead atoms. The highest BCUT2D eigenvalue weighted by Gasteiger charge is 2.33. The van der Waals surface area contributed by atoms with E-state index in [0.29, 0.717) is 31.7 Å². The Kier molecular flexibility index (Phi) is 4.77. The van der Waals surface area contributed by atoms with E-state index in [1.165, 1.54) is 0 Å². The third kappa shape index (κ3) is 3.30. The number of carbonyl (C=O) groups is 1. The lowest BCUT2D eigenvalue weighted by Gasteiger charge is -2.39. The summed E-state index contributed by atoms with van der Waals surface area (Å²) >= 11 is 0. The zero-order valence-electron chi connectivity index (χ0n) is 13.4. The third-order valence-corrected chi connectivity index (χ3v) is 4.72. The first kappa shape index (κ1) is 15.8. The fraction of sp³-hybridized carbons (Fsp3) is 0.588. The average Bonchev–Trinajstić information content (AvgIpc) is 2.61. The molecule has 1 aromatic rings. The van der Waals surface area contributed by atoms with Crippen LogP contribution < -0.4 is 4.90 Å². The second-order valence-electron chi connectivity index (χ2n) is 6.12. The molecule has 23 heavy (non-hydrogen) atoms. The van der Waals surface area contributed by atoms with Gasteiger partial charge in [0.05, 0.1) is 17.6 Å². The first-order valence-electron chi connectivity index (χ1n) is 8.21. The summed E-state index contributed by atoms with van der Waals surface area (Å²) < 4.78 is 5.62. The van der Waals surface area contributed by atoms with Gasteiger partial charge in [0.2, 0.25) is 5.91 Å². The largest absolute Gasteiger partial charge is 0.378 e. The molecule has 6 nitrogen and oxygen atoms in total. The number of anilines is 1. The van der Waals surface area contributed by atoms with Crippen molar-refractivity contribution in [2.24, 2.45) is 5.92 Å². The summed E-state index contributed by atoms with van der Waals surface area (Å²) in [6.07, 6.45) is 3.59. The first-order chi connectivity index (χ1) is 11.2. The minimum Gasteiger partial charge on any atom is -0.378 e. The quantitative estimate of drug-likeness (QED) is 0.825. The van der Waals surface area contributed by atoms with E-state index >= 15 is 0 Å². The molecule has 1 aromatic heterocycles. The SMILES string of the molecule is C[C@H]1OCCC[C@H]1C(=O)N1CCN(c2ncccc2C#N)CC1. The molecule has 0 N–H and O–H groups in total. The van der Waals surface area contributed by atoms with Gasteiger partial charge in [0.25, 0.3) is 0 Å². The Morgan fingerprint density at radius 3 is 2.87 bits per heavy atom. The molecule has 2 fully saturated rings. The molecule has 0 aromatic carbocycles. The Labute approximate surface area is 136 Å². The lowest BCUT2D eigenvalue weighted by Crippen LogP contribution is -2.52. The van der Waals surface area contributed by atoms with Gasteiger partial charge in [0.15, 0.2) is 0 Å². The second kappa shape index (κ2) is 6.97. The maximum Gasteiger partial charge on any atom is 0.228 e. The van der Waals surface area contributed by atoms with Gasteiger partial charge in [0, 0.05) is 39.0 Å². The number of hydrogen-bond acceptors (Lipinski definition) is 5. The number of hydrogen-bond donors (Lipinski definition) is 0. The van der Waals surface area contributed by atoms with Crippen LogP contribution in [0.3, 0.4) is 0 Å². The molecular formula is C17H22N4O2. The standard InChI is InChI=1S/C17H22N4O2/c1-13-15(5-3-11-23-13)17(22)21-9-7-20(8-10-21)16-14(12-18)4-2-6-19-16/h2,4,6,13,15H,3,5,7-11H2,1H3/t13-,15-/m1/s1. The summed E-state index contributed by atoms with van der Waals surface area (Å²) in [4.78, 5) is 21.0. The number of nitriles is 1. The van der Waals surface area contributed by atoms with Crippen molar-refractivity contribution in [3.05, 3.63) is 23.9 Å². The van der Waals surface area contributed by atoms with E-state index in [-0.39, 0.29) is 17.9 Å². The maximum atomic E-state index is 12.7. The molecule has 122 valence electrons. The third-order valence-electron chi connectivity index (χ3n) is 4.72. The number of aromatic nitrogens is 1. The van der Waals surface area contributed by atoms with Gasteiger partial charge in [0.1, 0.15) is 11.9 Å². The number of rotatable bonds is 2. The second-order valence-corrected chi connectivity index (χ2v) is 6.12. The monoisotopic (exact) mass is 314 g/mol. The van der Waals surface area contributed by atoms with Crippen LogP contribution >= 0.6 is 0 Å². The summed E-state index contributed by atoms with van der Waals surface area (Å²) in [5, 5.41) is 9.19. The van der Waals surface area contributed by atoms with Crippen LogP contribution in [0.1, 0.15) is 25.3 Å². The Morgan fingerprint density at radius 1 is 1.39 bits per heavy atom. The van der Waals surface area contributed by atoms with E-state index in [9.17, 15) is 10.1 Å². The summed E-state index contributed by atoms with van der Waals surface area (Å²) in [5.74, 6) is 0.912. The topological polar surface area (TPSA) is 69.5 Å². The van der Waals surface area contributed by atoms with Crippen LogP contribution in [-0.2, 0) is 9.53 Å². The number of piperazine rings is 1. The lowest BCUT2D eigenvalue weighted by molar-refractivity contribution is -0.144. The van der Waals surface area contributed by atoms with E-state index in [2.05, 4.69) is 16.0 Å². The summed E-state index contributed by atoms with van der Waals surface area (Å²) in [6, 6.07) is 5.73. The van der Waals surface area contributed by atoms with Crippen molar-refractivity contribution >= 4 is 11.7 Å². The van der Waals surface area contributed by atoms with Crippen LogP contribution in [0.2, 0.25) is 0 Å². The van der Waals surface area contributed by atoms with Crippen LogP contribution in [0.5, 0.6) is 0 Å². The van der Waals surface area contributed by atoms with Gasteiger partial charge in [-0.2, -0.15) is 5.26 Å². The van der Waals surface area contributed by atoms with Gasteiger partial charge >= 0.3 is 0 Å². The zero-order chi connectivity index (χ0) is 16.2. The van der Waals surface area contributed by atoms with Crippen molar-refractivity contribution in [1.82, 2.24) is 9.88 Å². The predicted molar refractivity (Wildman–Crippen MR) is 85.9 cm³/mol. The highest BCUT2D eigenvalue weighted by atomic mass is 16.5.